The number of rotatable bonds is 6. The molecule has 8 nitrogen and oxygen atoms in total. The van der Waals surface area contributed by atoms with Crippen molar-refractivity contribution in [2.24, 2.45) is 10.9 Å². The molecular weight excluding hydrogens is 380 g/mol. The zero-order valence-electron chi connectivity index (χ0n) is 17.0. The van der Waals surface area contributed by atoms with Crippen LogP contribution in [0, 0.1) is 20.8 Å². The Hall–Kier alpha value is -3.94. The number of pyridine rings is 1. The van der Waals surface area contributed by atoms with Gasteiger partial charge in [-0.2, -0.15) is 5.10 Å². The summed E-state index contributed by atoms with van der Waals surface area (Å²) in [5.74, 6) is 1.49. The van der Waals surface area contributed by atoms with Crippen LogP contribution in [0.3, 0.4) is 0 Å². The minimum absolute atomic E-state index is 0.122. The Morgan fingerprint density at radius 3 is 2.57 bits per heavy atom. The number of benzene rings is 1. The summed E-state index contributed by atoms with van der Waals surface area (Å²) in [5.41, 5.74) is 11.5. The van der Waals surface area contributed by atoms with Crippen LogP contribution in [0.5, 0.6) is 0 Å². The minimum atomic E-state index is 0.122. The molecule has 0 fully saturated rings. The van der Waals surface area contributed by atoms with Crippen molar-refractivity contribution in [2.75, 3.05) is 0 Å². The van der Waals surface area contributed by atoms with Crippen molar-refractivity contribution in [1.82, 2.24) is 19.9 Å². The first-order chi connectivity index (χ1) is 14.5. The van der Waals surface area contributed by atoms with Crippen molar-refractivity contribution in [3.05, 3.63) is 83.0 Å². The van der Waals surface area contributed by atoms with Crippen LogP contribution in [0.1, 0.15) is 28.3 Å². The van der Waals surface area contributed by atoms with E-state index < -0.39 is 0 Å². The van der Waals surface area contributed by atoms with Crippen LogP contribution >= 0.6 is 0 Å². The van der Waals surface area contributed by atoms with E-state index in [0.29, 0.717) is 17.1 Å². The fraction of sp³-hybridized carbons (Fsp3) is 0.182. The third kappa shape index (κ3) is 4.22. The van der Waals surface area contributed by atoms with Gasteiger partial charge in [0.15, 0.2) is 24.0 Å². The number of amidine groups is 1. The van der Waals surface area contributed by atoms with E-state index >= 15 is 0 Å². The van der Waals surface area contributed by atoms with Gasteiger partial charge in [-0.15, -0.1) is 0 Å². The van der Waals surface area contributed by atoms with Crippen LogP contribution < -0.4 is 5.73 Å². The Kier molecular flexibility index (Phi) is 5.30. The summed E-state index contributed by atoms with van der Waals surface area (Å²) in [6.45, 7) is 6.08. The van der Waals surface area contributed by atoms with Crippen LogP contribution in [0.15, 0.2) is 64.4 Å². The van der Waals surface area contributed by atoms with E-state index in [-0.39, 0.29) is 12.4 Å². The first-order valence-electron chi connectivity index (χ1n) is 9.48. The molecule has 4 aromatic rings. The fourth-order valence-electron chi connectivity index (χ4n) is 2.98. The van der Waals surface area contributed by atoms with Crippen molar-refractivity contribution in [3.8, 4) is 17.1 Å². The van der Waals surface area contributed by atoms with Crippen molar-refractivity contribution in [3.63, 3.8) is 0 Å². The third-order valence-electron chi connectivity index (χ3n) is 4.55. The predicted octanol–water partition coefficient (Wildman–Crippen LogP) is 3.68. The molecule has 4 rings (SSSR count). The molecule has 0 bridgehead atoms. The lowest BCUT2D eigenvalue weighted by atomic mass is 10.1. The summed E-state index contributed by atoms with van der Waals surface area (Å²) in [7, 11) is 0. The summed E-state index contributed by atoms with van der Waals surface area (Å²) in [6.07, 6.45) is 1.64. The quantitative estimate of drug-likeness (QED) is 0.300. The lowest BCUT2D eigenvalue weighted by molar-refractivity contribution is 0.109. The maximum absolute atomic E-state index is 6.01. The third-order valence-corrected chi connectivity index (χ3v) is 4.55. The number of nitrogens with two attached hydrogens (primary N) is 1. The zero-order chi connectivity index (χ0) is 21.1. The summed E-state index contributed by atoms with van der Waals surface area (Å²) >= 11 is 0. The Morgan fingerprint density at radius 2 is 1.90 bits per heavy atom. The molecule has 0 atom stereocenters. The molecule has 0 amide bonds. The van der Waals surface area contributed by atoms with Gasteiger partial charge in [0.1, 0.15) is 5.69 Å². The van der Waals surface area contributed by atoms with Crippen molar-refractivity contribution >= 4 is 5.84 Å². The van der Waals surface area contributed by atoms with Gasteiger partial charge in [0.2, 0.25) is 0 Å². The van der Waals surface area contributed by atoms with Gasteiger partial charge in [0.25, 0.3) is 0 Å². The molecule has 0 radical (unpaired) electrons. The van der Waals surface area contributed by atoms with E-state index in [1.807, 2.05) is 69.3 Å². The molecule has 0 saturated carbocycles. The molecule has 1 aromatic carbocycles. The molecule has 0 aliphatic rings. The van der Waals surface area contributed by atoms with Crippen LogP contribution in [-0.4, -0.2) is 25.8 Å². The van der Waals surface area contributed by atoms with E-state index in [0.717, 1.165) is 22.6 Å². The molecule has 0 aliphatic heterocycles. The highest BCUT2D eigenvalue weighted by Gasteiger charge is 2.09. The Bertz CT molecular complexity index is 1170. The monoisotopic (exact) mass is 402 g/mol. The van der Waals surface area contributed by atoms with Gasteiger partial charge >= 0.3 is 0 Å². The SMILES string of the molecule is Cc1ccc(-c2cc(CO/N=C(\N)c3ccc(-n4nc(C)cc4C)nc3)on2)cc1. The molecule has 30 heavy (non-hydrogen) atoms. The Labute approximate surface area is 174 Å². The molecule has 8 heteroatoms. The molecular formula is C22H22N6O2. The molecule has 0 spiro atoms. The molecule has 0 unspecified atom stereocenters. The van der Waals surface area contributed by atoms with E-state index in [1.165, 1.54) is 5.56 Å². The van der Waals surface area contributed by atoms with Gasteiger partial charge in [-0.05, 0) is 39.0 Å². The van der Waals surface area contributed by atoms with Gasteiger partial charge in [0.05, 0.1) is 5.69 Å². The molecule has 0 saturated heterocycles. The highest BCUT2D eigenvalue weighted by molar-refractivity contribution is 5.96. The van der Waals surface area contributed by atoms with Gasteiger partial charge in [-0.3, -0.25) is 0 Å². The van der Waals surface area contributed by atoms with Gasteiger partial charge < -0.3 is 15.1 Å². The average molecular weight is 402 g/mol. The van der Waals surface area contributed by atoms with Crippen molar-refractivity contribution in [2.45, 2.75) is 27.4 Å². The highest BCUT2D eigenvalue weighted by Crippen LogP contribution is 2.20. The van der Waals surface area contributed by atoms with Crippen LogP contribution in [-0.2, 0) is 11.4 Å². The topological polar surface area (TPSA) is 104 Å². The summed E-state index contributed by atoms with van der Waals surface area (Å²) in [5, 5.41) is 12.4. The van der Waals surface area contributed by atoms with Gasteiger partial charge in [0, 0.05) is 29.1 Å². The number of oxime groups is 1. The van der Waals surface area contributed by atoms with Gasteiger partial charge in [-0.25, -0.2) is 9.67 Å². The maximum Gasteiger partial charge on any atom is 0.177 e. The highest BCUT2D eigenvalue weighted by atomic mass is 16.6. The van der Waals surface area contributed by atoms with E-state index in [2.05, 4.69) is 20.4 Å². The number of nitrogens with zero attached hydrogens (tertiary/aromatic N) is 5. The zero-order valence-corrected chi connectivity index (χ0v) is 17.0. The largest absolute Gasteiger partial charge is 0.386 e. The smallest absolute Gasteiger partial charge is 0.177 e. The number of hydrogen-bond donors (Lipinski definition) is 1. The van der Waals surface area contributed by atoms with E-state index in [9.17, 15) is 0 Å². The second kappa shape index (κ2) is 8.20. The van der Waals surface area contributed by atoms with Crippen molar-refractivity contribution in [1.29, 1.82) is 0 Å². The number of aromatic nitrogens is 4. The molecule has 3 aromatic heterocycles. The first-order valence-corrected chi connectivity index (χ1v) is 9.48. The fourth-order valence-corrected chi connectivity index (χ4v) is 2.98. The first kappa shape index (κ1) is 19.4. The number of aryl methyl sites for hydroxylation is 3. The predicted molar refractivity (Wildman–Crippen MR) is 113 cm³/mol. The molecule has 3 heterocycles. The second-order valence-electron chi connectivity index (χ2n) is 7.04. The Balaban J connectivity index is 1.39. The number of hydrogen-bond acceptors (Lipinski definition) is 6. The molecule has 2 N–H and O–H groups in total. The van der Waals surface area contributed by atoms with Crippen LogP contribution in [0.2, 0.25) is 0 Å². The van der Waals surface area contributed by atoms with Crippen LogP contribution in [0.4, 0.5) is 0 Å². The van der Waals surface area contributed by atoms with E-state index in [4.69, 9.17) is 15.1 Å². The summed E-state index contributed by atoms with van der Waals surface area (Å²) in [4.78, 5) is 9.73. The summed E-state index contributed by atoms with van der Waals surface area (Å²) < 4.78 is 7.08. The molecule has 152 valence electrons. The maximum atomic E-state index is 6.01. The van der Waals surface area contributed by atoms with Crippen molar-refractivity contribution < 1.29 is 9.36 Å². The molecule has 0 aliphatic carbocycles. The average Bonchev–Trinajstić information content (AvgIpc) is 3.34. The van der Waals surface area contributed by atoms with Gasteiger partial charge in [-0.1, -0.05) is 40.1 Å². The lowest BCUT2D eigenvalue weighted by Crippen LogP contribution is -2.14. The summed E-state index contributed by atoms with van der Waals surface area (Å²) in [6, 6.07) is 15.5. The van der Waals surface area contributed by atoms with Crippen LogP contribution in [0.25, 0.3) is 17.1 Å². The van der Waals surface area contributed by atoms with E-state index in [1.54, 1.807) is 10.9 Å². The second-order valence-corrected chi connectivity index (χ2v) is 7.04. The lowest BCUT2D eigenvalue weighted by Gasteiger charge is -2.05. The standard InChI is InChI=1S/C22H22N6O2/c1-14-4-6-17(7-5-14)20-11-19(30-26-20)13-29-27-22(23)18-8-9-21(24-12-18)28-16(3)10-15(2)25-28/h4-12H,13H2,1-3H3,(H2,23,27). The minimum Gasteiger partial charge on any atom is -0.386 e. The normalized spacial score (nSPS) is 11.6. The Morgan fingerprint density at radius 1 is 1.10 bits per heavy atom.